The van der Waals surface area contributed by atoms with Crippen LogP contribution in [0.5, 0.6) is 0 Å². The van der Waals surface area contributed by atoms with E-state index in [1.165, 1.54) is 16.9 Å². The van der Waals surface area contributed by atoms with Gasteiger partial charge in [0.2, 0.25) is 0 Å². The number of ether oxygens (including phenoxy) is 1. The fourth-order valence-electron chi connectivity index (χ4n) is 2.83. The molecular weight excluding hydrogens is 310 g/mol. The molecule has 2 aromatic rings. The molecule has 1 aromatic heterocycles. The van der Waals surface area contributed by atoms with Crippen molar-refractivity contribution in [3.8, 4) is 0 Å². The molecular formula is C17H21N3O2S. The molecule has 1 saturated heterocycles. The van der Waals surface area contributed by atoms with Gasteiger partial charge in [-0.15, -0.1) is 11.3 Å². The number of thiazole rings is 1. The molecule has 1 aliphatic heterocycles. The molecule has 0 radical (unpaired) electrons. The smallest absolute Gasteiger partial charge is 0.273 e. The highest BCUT2D eigenvalue weighted by molar-refractivity contribution is 7.09. The zero-order valence-corrected chi connectivity index (χ0v) is 14.2. The highest BCUT2D eigenvalue weighted by Gasteiger charge is 2.32. The second-order valence-electron chi connectivity index (χ2n) is 5.82. The second kappa shape index (κ2) is 6.78. The van der Waals surface area contributed by atoms with Crippen LogP contribution in [0, 0.1) is 6.92 Å². The van der Waals surface area contributed by atoms with Crippen molar-refractivity contribution in [3.05, 3.63) is 51.5 Å². The van der Waals surface area contributed by atoms with E-state index in [9.17, 15) is 4.79 Å². The first-order valence-corrected chi connectivity index (χ1v) is 8.60. The lowest BCUT2D eigenvalue weighted by atomic mass is 10.0. The van der Waals surface area contributed by atoms with Crippen LogP contribution in [-0.4, -0.2) is 35.0 Å². The summed E-state index contributed by atoms with van der Waals surface area (Å²) in [6.45, 7) is 5.50. The van der Waals surface area contributed by atoms with Crippen molar-refractivity contribution >= 4 is 17.2 Å². The molecule has 6 heteroatoms. The summed E-state index contributed by atoms with van der Waals surface area (Å²) in [5.41, 5.74) is 8.38. The molecule has 2 N–H and O–H groups in total. The largest absolute Gasteiger partial charge is 0.370 e. The lowest BCUT2D eigenvalue weighted by Gasteiger charge is -2.38. The van der Waals surface area contributed by atoms with Crippen molar-refractivity contribution in [2.75, 3.05) is 13.2 Å². The minimum atomic E-state index is -0.0936. The first kappa shape index (κ1) is 16.1. The van der Waals surface area contributed by atoms with Crippen molar-refractivity contribution in [1.29, 1.82) is 0 Å². The number of benzene rings is 1. The Hall–Kier alpha value is -1.76. The van der Waals surface area contributed by atoms with E-state index in [-0.39, 0.29) is 18.1 Å². The van der Waals surface area contributed by atoms with Crippen LogP contribution in [0.25, 0.3) is 0 Å². The lowest BCUT2D eigenvalue weighted by Crippen LogP contribution is -2.48. The van der Waals surface area contributed by atoms with Gasteiger partial charge in [0.1, 0.15) is 16.8 Å². The Morgan fingerprint density at radius 3 is 2.96 bits per heavy atom. The number of hydrogen-bond donors (Lipinski definition) is 1. The molecule has 2 atom stereocenters. The fraction of sp³-hybridized carbons (Fsp3) is 0.412. The molecule has 2 heterocycles. The summed E-state index contributed by atoms with van der Waals surface area (Å²) in [4.78, 5) is 18.9. The van der Waals surface area contributed by atoms with Gasteiger partial charge in [0, 0.05) is 11.9 Å². The lowest BCUT2D eigenvalue weighted by molar-refractivity contribution is -0.0490. The van der Waals surface area contributed by atoms with Crippen molar-refractivity contribution in [3.63, 3.8) is 0 Å². The zero-order valence-electron chi connectivity index (χ0n) is 13.4. The molecule has 0 unspecified atom stereocenters. The van der Waals surface area contributed by atoms with Crippen LogP contribution in [0.15, 0.2) is 29.6 Å². The molecule has 0 aliphatic carbocycles. The van der Waals surface area contributed by atoms with Gasteiger partial charge in [0.05, 0.1) is 19.2 Å². The summed E-state index contributed by atoms with van der Waals surface area (Å²) in [7, 11) is 0. The molecule has 1 fully saturated rings. The first-order valence-electron chi connectivity index (χ1n) is 7.72. The van der Waals surface area contributed by atoms with Crippen molar-refractivity contribution in [1.82, 2.24) is 9.88 Å². The minimum Gasteiger partial charge on any atom is -0.370 e. The van der Waals surface area contributed by atoms with Gasteiger partial charge in [-0.25, -0.2) is 4.98 Å². The number of carbonyl (C=O) groups excluding carboxylic acids is 1. The summed E-state index contributed by atoms with van der Waals surface area (Å²) in [6.07, 6.45) is -0.0936. The van der Waals surface area contributed by atoms with E-state index in [2.05, 4.69) is 24.0 Å². The summed E-state index contributed by atoms with van der Waals surface area (Å²) >= 11 is 1.43. The van der Waals surface area contributed by atoms with Gasteiger partial charge in [-0.05, 0) is 25.0 Å². The molecule has 3 rings (SSSR count). The van der Waals surface area contributed by atoms with Gasteiger partial charge in [-0.1, -0.05) is 24.3 Å². The van der Waals surface area contributed by atoms with Crippen molar-refractivity contribution < 1.29 is 9.53 Å². The van der Waals surface area contributed by atoms with Gasteiger partial charge >= 0.3 is 0 Å². The van der Waals surface area contributed by atoms with E-state index in [1.807, 2.05) is 24.0 Å². The number of rotatable bonds is 3. The minimum absolute atomic E-state index is 0.0331. The standard InChI is InChI=1S/C17H21N3O2S/c1-11-5-3-4-6-13(11)15-8-20(12(2)9-22-15)17(21)14-10-23-16(7-18)19-14/h3-6,10,12,15H,7-9,18H2,1-2H3/t12-,15-/m1/s1. The van der Waals surface area contributed by atoms with Gasteiger partial charge in [-0.3, -0.25) is 4.79 Å². The second-order valence-corrected chi connectivity index (χ2v) is 6.76. The number of aryl methyl sites for hydroxylation is 1. The Bertz CT molecular complexity index is 701. The fourth-order valence-corrected chi connectivity index (χ4v) is 3.47. The van der Waals surface area contributed by atoms with E-state index in [4.69, 9.17) is 10.5 Å². The summed E-state index contributed by atoms with van der Waals surface area (Å²) < 4.78 is 5.97. The number of morpholine rings is 1. The Morgan fingerprint density at radius 1 is 1.48 bits per heavy atom. The third-order valence-electron chi connectivity index (χ3n) is 4.17. The third kappa shape index (κ3) is 3.29. The van der Waals surface area contributed by atoms with Crippen molar-refractivity contribution in [2.24, 2.45) is 5.73 Å². The quantitative estimate of drug-likeness (QED) is 0.938. The Kier molecular flexibility index (Phi) is 4.75. The predicted octanol–water partition coefficient (Wildman–Crippen LogP) is 2.51. The van der Waals surface area contributed by atoms with Crippen LogP contribution in [0.2, 0.25) is 0 Å². The molecule has 0 bridgehead atoms. The average molecular weight is 331 g/mol. The van der Waals surface area contributed by atoms with Gasteiger partial charge in [0.25, 0.3) is 5.91 Å². The number of hydrogen-bond acceptors (Lipinski definition) is 5. The maximum Gasteiger partial charge on any atom is 0.273 e. The average Bonchev–Trinajstić information content (AvgIpc) is 3.04. The van der Waals surface area contributed by atoms with Crippen LogP contribution < -0.4 is 5.73 Å². The van der Waals surface area contributed by atoms with Crippen LogP contribution in [0.4, 0.5) is 0 Å². The van der Waals surface area contributed by atoms with Gasteiger partial charge < -0.3 is 15.4 Å². The summed E-state index contributed by atoms with van der Waals surface area (Å²) in [5, 5.41) is 2.57. The normalized spacial score (nSPS) is 21.4. The van der Waals surface area contributed by atoms with E-state index >= 15 is 0 Å². The topological polar surface area (TPSA) is 68.5 Å². The molecule has 1 aliphatic rings. The highest BCUT2D eigenvalue weighted by atomic mass is 32.1. The third-order valence-corrected chi connectivity index (χ3v) is 5.05. The van der Waals surface area contributed by atoms with Crippen molar-refractivity contribution in [2.45, 2.75) is 32.5 Å². The van der Waals surface area contributed by atoms with Gasteiger partial charge in [0.15, 0.2) is 0 Å². The molecule has 23 heavy (non-hydrogen) atoms. The molecule has 0 saturated carbocycles. The van der Waals surface area contributed by atoms with E-state index in [0.29, 0.717) is 25.4 Å². The molecule has 0 spiro atoms. The highest BCUT2D eigenvalue weighted by Crippen LogP contribution is 2.28. The zero-order chi connectivity index (χ0) is 16.4. The Balaban J connectivity index is 1.81. The predicted molar refractivity (Wildman–Crippen MR) is 90.4 cm³/mol. The summed E-state index contributed by atoms with van der Waals surface area (Å²) in [6, 6.07) is 8.18. The maximum atomic E-state index is 12.8. The van der Waals surface area contributed by atoms with Gasteiger partial charge in [-0.2, -0.15) is 0 Å². The number of nitrogens with zero attached hydrogens (tertiary/aromatic N) is 2. The Morgan fingerprint density at radius 2 is 2.26 bits per heavy atom. The van der Waals surface area contributed by atoms with E-state index < -0.39 is 0 Å². The molecule has 1 amide bonds. The van der Waals surface area contributed by atoms with Crippen LogP contribution >= 0.6 is 11.3 Å². The van der Waals surface area contributed by atoms with Crippen LogP contribution in [0.1, 0.15) is 39.7 Å². The molecule has 1 aromatic carbocycles. The monoisotopic (exact) mass is 331 g/mol. The number of aromatic nitrogens is 1. The number of nitrogens with two attached hydrogens (primary N) is 1. The molecule has 122 valence electrons. The first-order chi connectivity index (χ1) is 11.1. The maximum absolute atomic E-state index is 12.8. The SMILES string of the molecule is Cc1ccccc1[C@H]1CN(C(=O)c2csc(CN)n2)[C@H](C)CO1. The Labute approximate surface area is 140 Å². The van der Waals surface area contributed by atoms with Crippen LogP contribution in [-0.2, 0) is 11.3 Å². The van der Waals surface area contributed by atoms with E-state index in [0.717, 1.165) is 10.6 Å². The summed E-state index contributed by atoms with van der Waals surface area (Å²) in [5.74, 6) is -0.0460. The van der Waals surface area contributed by atoms with Crippen LogP contribution in [0.3, 0.4) is 0 Å². The number of amides is 1. The molecule has 5 nitrogen and oxygen atoms in total. The van der Waals surface area contributed by atoms with E-state index in [1.54, 1.807) is 5.38 Å². The number of carbonyl (C=O) groups is 1.